The highest BCUT2D eigenvalue weighted by molar-refractivity contribution is 4.64. The summed E-state index contributed by atoms with van der Waals surface area (Å²) in [7, 11) is 0. The van der Waals surface area contributed by atoms with Gasteiger partial charge < -0.3 is 11.1 Å². The topological polar surface area (TPSA) is 38.0 Å². The molecule has 0 aliphatic carbocycles. The number of hydrogen-bond donors (Lipinski definition) is 2. The molecule has 2 heteroatoms. The molecule has 1 unspecified atom stereocenters. The first-order valence-corrected chi connectivity index (χ1v) is 5.13. The van der Waals surface area contributed by atoms with Crippen LogP contribution in [-0.2, 0) is 0 Å². The van der Waals surface area contributed by atoms with E-state index in [1.165, 1.54) is 12.8 Å². The molecule has 12 heavy (non-hydrogen) atoms. The monoisotopic (exact) mass is 172 g/mol. The first kappa shape index (κ1) is 11.9. The van der Waals surface area contributed by atoms with Crippen LogP contribution in [0.1, 0.15) is 40.0 Å². The van der Waals surface area contributed by atoms with Crippen LogP contribution in [0.4, 0.5) is 0 Å². The van der Waals surface area contributed by atoms with Gasteiger partial charge in [-0.1, -0.05) is 33.6 Å². The lowest BCUT2D eigenvalue weighted by Crippen LogP contribution is -2.35. The maximum atomic E-state index is 5.88. The third-order valence-electron chi connectivity index (χ3n) is 1.89. The summed E-state index contributed by atoms with van der Waals surface area (Å²) in [4.78, 5) is 0. The van der Waals surface area contributed by atoms with Crippen molar-refractivity contribution in [2.75, 3.05) is 13.1 Å². The van der Waals surface area contributed by atoms with Crippen molar-refractivity contribution >= 4 is 0 Å². The lowest BCUT2D eigenvalue weighted by Gasteiger charge is -2.13. The van der Waals surface area contributed by atoms with Crippen molar-refractivity contribution in [3.63, 3.8) is 0 Å². The first-order valence-electron chi connectivity index (χ1n) is 5.13. The van der Waals surface area contributed by atoms with Gasteiger partial charge in [0.25, 0.3) is 0 Å². The molecule has 2 nitrogen and oxygen atoms in total. The standard InChI is InChI=1S/C10H24N2/c1-4-5-6-10(11)8-12-7-9(2)3/h9-10,12H,4-8,11H2,1-3H3. The quantitative estimate of drug-likeness (QED) is 0.614. The number of unbranched alkanes of at least 4 members (excludes halogenated alkanes) is 1. The van der Waals surface area contributed by atoms with Gasteiger partial charge in [0, 0.05) is 12.6 Å². The zero-order chi connectivity index (χ0) is 9.40. The number of nitrogens with two attached hydrogens (primary N) is 1. The Balaban J connectivity index is 3.13. The number of nitrogens with one attached hydrogen (secondary N) is 1. The Morgan fingerprint density at radius 2 is 1.92 bits per heavy atom. The summed E-state index contributed by atoms with van der Waals surface area (Å²) in [5.41, 5.74) is 5.88. The van der Waals surface area contributed by atoms with Gasteiger partial charge in [-0.3, -0.25) is 0 Å². The van der Waals surface area contributed by atoms with Gasteiger partial charge >= 0.3 is 0 Å². The summed E-state index contributed by atoms with van der Waals surface area (Å²) < 4.78 is 0. The number of hydrogen-bond acceptors (Lipinski definition) is 2. The summed E-state index contributed by atoms with van der Waals surface area (Å²) in [5, 5.41) is 3.37. The molecule has 0 aromatic rings. The van der Waals surface area contributed by atoms with Crippen LogP contribution >= 0.6 is 0 Å². The molecule has 0 aromatic heterocycles. The fraction of sp³-hybridized carbons (Fsp3) is 1.00. The fourth-order valence-corrected chi connectivity index (χ4v) is 1.13. The van der Waals surface area contributed by atoms with Crippen molar-refractivity contribution in [2.24, 2.45) is 11.7 Å². The molecule has 0 fully saturated rings. The molecule has 0 rings (SSSR count). The third kappa shape index (κ3) is 8.02. The molecule has 0 heterocycles. The highest BCUT2D eigenvalue weighted by Crippen LogP contribution is 1.97. The second-order valence-corrected chi connectivity index (χ2v) is 3.95. The van der Waals surface area contributed by atoms with Crippen molar-refractivity contribution in [3.8, 4) is 0 Å². The van der Waals surface area contributed by atoms with E-state index in [2.05, 4.69) is 26.1 Å². The molecule has 0 aliphatic rings. The van der Waals surface area contributed by atoms with Crippen LogP contribution in [0.2, 0.25) is 0 Å². The lowest BCUT2D eigenvalue weighted by molar-refractivity contribution is 0.488. The second-order valence-electron chi connectivity index (χ2n) is 3.95. The van der Waals surface area contributed by atoms with Gasteiger partial charge in [-0.15, -0.1) is 0 Å². The SMILES string of the molecule is CCCCC(N)CNCC(C)C. The Labute approximate surface area is 76.9 Å². The Kier molecular flexibility index (Phi) is 7.51. The van der Waals surface area contributed by atoms with Gasteiger partial charge in [0.1, 0.15) is 0 Å². The van der Waals surface area contributed by atoms with Gasteiger partial charge in [-0.25, -0.2) is 0 Å². The van der Waals surface area contributed by atoms with E-state index in [1.807, 2.05) is 0 Å². The Morgan fingerprint density at radius 1 is 1.25 bits per heavy atom. The van der Waals surface area contributed by atoms with E-state index in [9.17, 15) is 0 Å². The van der Waals surface area contributed by atoms with Gasteiger partial charge in [-0.2, -0.15) is 0 Å². The summed E-state index contributed by atoms with van der Waals surface area (Å²) in [6.07, 6.45) is 3.66. The van der Waals surface area contributed by atoms with Crippen LogP contribution in [0.25, 0.3) is 0 Å². The van der Waals surface area contributed by atoms with Crippen molar-refractivity contribution in [2.45, 2.75) is 46.1 Å². The van der Waals surface area contributed by atoms with Crippen LogP contribution in [-0.4, -0.2) is 19.1 Å². The minimum atomic E-state index is 0.351. The van der Waals surface area contributed by atoms with Crippen LogP contribution in [0.3, 0.4) is 0 Å². The van der Waals surface area contributed by atoms with E-state index in [-0.39, 0.29) is 0 Å². The fourth-order valence-electron chi connectivity index (χ4n) is 1.13. The van der Waals surface area contributed by atoms with Gasteiger partial charge in [0.15, 0.2) is 0 Å². The highest BCUT2D eigenvalue weighted by atomic mass is 14.9. The predicted molar refractivity (Wildman–Crippen MR) is 55.2 cm³/mol. The Morgan fingerprint density at radius 3 is 2.42 bits per heavy atom. The summed E-state index contributed by atoms with van der Waals surface area (Å²) in [6, 6.07) is 0.351. The zero-order valence-corrected chi connectivity index (χ0v) is 8.77. The molecule has 0 saturated heterocycles. The van der Waals surface area contributed by atoms with Crippen molar-refractivity contribution < 1.29 is 0 Å². The minimum Gasteiger partial charge on any atom is -0.327 e. The van der Waals surface area contributed by atoms with Crippen LogP contribution in [0, 0.1) is 5.92 Å². The molecule has 0 amide bonds. The van der Waals surface area contributed by atoms with Crippen LogP contribution in [0.15, 0.2) is 0 Å². The summed E-state index contributed by atoms with van der Waals surface area (Å²) in [5.74, 6) is 0.725. The predicted octanol–water partition coefficient (Wildman–Crippen LogP) is 1.75. The average molecular weight is 172 g/mol. The largest absolute Gasteiger partial charge is 0.327 e. The van der Waals surface area contributed by atoms with Crippen LogP contribution < -0.4 is 11.1 Å². The van der Waals surface area contributed by atoms with Crippen molar-refractivity contribution in [3.05, 3.63) is 0 Å². The molecule has 0 radical (unpaired) electrons. The molecule has 0 spiro atoms. The number of rotatable bonds is 7. The van der Waals surface area contributed by atoms with E-state index in [0.717, 1.165) is 25.4 Å². The van der Waals surface area contributed by atoms with E-state index in [1.54, 1.807) is 0 Å². The van der Waals surface area contributed by atoms with Gasteiger partial charge in [-0.05, 0) is 18.9 Å². The maximum Gasteiger partial charge on any atom is 0.0165 e. The van der Waals surface area contributed by atoms with Gasteiger partial charge in [0.05, 0.1) is 0 Å². The summed E-state index contributed by atoms with van der Waals surface area (Å²) in [6.45, 7) is 8.68. The third-order valence-corrected chi connectivity index (χ3v) is 1.89. The van der Waals surface area contributed by atoms with E-state index in [4.69, 9.17) is 5.73 Å². The Bertz CT molecular complexity index is 91.8. The van der Waals surface area contributed by atoms with E-state index in [0.29, 0.717) is 6.04 Å². The second kappa shape index (κ2) is 7.56. The highest BCUT2D eigenvalue weighted by Gasteiger charge is 2.00. The molecular weight excluding hydrogens is 148 g/mol. The molecule has 1 atom stereocenters. The normalized spacial score (nSPS) is 13.8. The molecule has 0 bridgehead atoms. The Hall–Kier alpha value is -0.0800. The van der Waals surface area contributed by atoms with Crippen LogP contribution in [0.5, 0.6) is 0 Å². The molecule has 0 saturated carbocycles. The lowest BCUT2D eigenvalue weighted by atomic mass is 10.1. The molecule has 0 aromatic carbocycles. The zero-order valence-electron chi connectivity index (χ0n) is 8.77. The van der Waals surface area contributed by atoms with E-state index >= 15 is 0 Å². The minimum absolute atomic E-state index is 0.351. The average Bonchev–Trinajstić information content (AvgIpc) is 2.00. The van der Waals surface area contributed by atoms with E-state index < -0.39 is 0 Å². The smallest absolute Gasteiger partial charge is 0.0165 e. The summed E-state index contributed by atoms with van der Waals surface area (Å²) >= 11 is 0. The molecular formula is C10H24N2. The first-order chi connectivity index (χ1) is 5.66. The molecule has 74 valence electrons. The van der Waals surface area contributed by atoms with Crippen molar-refractivity contribution in [1.82, 2.24) is 5.32 Å². The molecule has 3 N–H and O–H groups in total. The maximum absolute atomic E-state index is 5.88. The van der Waals surface area contributed by atoms with Crippen molar-refractivity contribution in [1.29, 1.82) is 0 Å². The van der Waals surface area contributed by atoms with Gasteiger partial charge in [0.2, 0.25) is 0 Å². The molecule has 0 aliphatic heterocycles.